The van der Waals surface area contributed by atoms with Gasteiger partial charge in [-0.05, 0) is 50.1 Å². The van der Waals surface area contributed by atoms with Crippen molar-refractivity contribution in [1.82, 2.24) is 10.4 Å². The van der Waals surface area contributed by atoms with Crippen LogP contribution >= 0.6 is 23.1 Å². The van der Waals surface area contributed by atoms with Gasteiger partial charge in [-0.2, -0.15) is 0 Å². The zero-order valence-electron chi connectivity index (χ0n) is 11.7. The molecule has 0 aliphatic rings. The van der Waals surface area contributed by atoms with Gasteiger partial charge in [0.1, 0.15) is 0 Å². The summed E-state index contributed by atoms with van der Waals surface area (Å²) in [6, 6.07) is 6.04. The summed E-state index contributed by atoms with van der Waals surface area (Å²) < 4.78 is 0. The van der Waals surface area contributed by atoms with Crippen LogP contribution in [0.3, 0.4) is 0 Å². The minimum absolute atomic E-state index is 0.237. The van der Waals surface area contributed by atoms with E-state index in [0.29, 0.717) is 4.88 Å². The first-order valence-electron chi connectivity index (χ1n) is 6.18. The molecule has 20 heavy (non-hydrogen) atoms. The number of thioether (sulfide) groups is 1. The Hall–Kier alpha value is -1.37. The molecular weight excluding hydrogens is 290 g/mol. The molecule has 0 bridgehead atoms. The fourth-order valence-electron chi connectivity index (χ4n) is 1.88. The number of rotatable bonds is 4. The van der Waals surface area contributed by atoms with Gasteiger partial charge in [0.2, 0.25) is 0 Å². The quantitative estimate of drug-likeness (QED) is 0.394. The molecule has 0 spiro atoms. The van der Waals surface area contributed by atoms with Gasteiger partial charge in [-0.25, -0.2) is 10.8 Å². The molecule has 0 saturated heterocycles. The van der Waals surface area contributed by atoms with Crippen LogP contribution in [-0.2, 0) is 5.75 Å². The van der Waals surface area contributed by atoms with Crippen LogP contribution < -0.4 is 11.3 Å². The van der Waals surface area contributed by atoms with Gasteiger partial charge in [-0.1, -0.05) is 0 Å². The number of aromatic nitrogens is 1. The predicted molar refractivity (Wildman–Crippen MR) is 84.0 cm³/mol. The van der Waals surface area contributed by atoms with Gasteiger partial charge in [0, 0.05) is 16.3 Å². The summed E-state index contributed by atoms with van der Waals surface area (Å²) in [5.74, 6) is 5.72. The van der Waals surface area contributed by atoms with Crippen molar-refractivity contribution >= 4 is 29.0 Å². The maximum absolute atomic E-state index is 11.5. The normalized spacial score (nSPS) is 10.6. The highest BCUT2D eigenvalue weighted by atomic mass is 32.2. The standard InChI is InChI=1S/C14H17N3OS2/c1-8-4-9(2)16-13(5-8)19-7-11-6-12(14(18)17-15)20-10(11)3/h4-6H,7,15H2,1-3H3,(H,17,18). The number of pyridine rings is 1. The summed E-state index contributed by atoms with van der Waals surface area (Å²) in [4.78, 5) is 17.8. The molecule has 106 valence electrons. The molecule has 0 aliphatic heterocycles. The van der Waals surface area contributed by atoms with Gasteiger partial charge < -0.3 is 0 Å². The third-order valence-corrected chi connectivity index (χ3v) is 4.88. The molecule has 0 fully saturated rings. The Morgan fingerprint density at radius 3 is 2.75 bits per heavy atom. The molecule has 6 heteroatoms. The Morgan fingerprint density at radius 1 is 1.35 bits per heavy atom. The first kappa shape index (κ1) is 15.0. The fourth-order valence-corrected chi connectivity index (χ4v) is 3.99. The molecule has 0 radical (unpaired) electrons. The van der Waals surface area contributed by atoms with Crippen LogP contribution in [0.2, 0.25) is 0 Å². The van der Waals surface area contributed by atoms with Crippen molar-refractivity contribution in [2.24, 2.45) is 5.84 Å². The Kier molecular flexibility index (Phi) is 4.80. The van der Waals surface area contributed by atoms with E-state index in [0.717, 1.165) is 26.9 Å². The van der Waals surface area contributed by atoms with Gasteiger partial charge in [0.05, 0.1) is 9.90 Å². The molecule has 0 atom stereocenters. The second-order valence-electron chi connectivity index (χ2n) is 4.58. The molecule has 2 rings (SSSR count). The summed E-state index contributed by atoms with van der Waals surface area (Å²) in [5.41, 5.74) is 5.55. The summed E-state index contributed by atoms with van der Waals surface area (Å²) >= 11 is 3.14. The fraction of sp³-hybridized carbons (Fsp3) is 0.286. The van der Waals surface area contributed by atoms with E-state index in [2.05, 4.69) is 29.5 Å². The van der Waals surface area contributed by atoms with Gasteiger partial charge >= 0.3 is 0 Å². The number of hydrogen-bond donors (Lipinski definition) is 2. The van der Waals surface area contributed by atoms with Crippen LogP contribution in [0.5, 0.6) is 0 Å². The lowest BCUT2D eigenvalue weighted by Gasteiger charge is -2.03. The van der Waals surface area contributed by atoms with E-state index < -0.39 is 0 Å². The molecule has 0 aliphatic carbocycles. The van der Waals surface area contributed by atoms with Gasteiger partial charge in [0.15, 0.2) is 0 Å². The molecule has 1 amide bonds. The number of carbonyl (C=O) groups is 1. The first-order valence-corrected chi connectivity index (χ1v) is 7.98. The number of hydrazine groups is 1. The molecule has 4 nitrogen and oxygen atoms in total. The van der Waals surface area contributed by atoms with Crippen molar-refractivity contribution in [3.63, 3.8) is 0 Å². The second kappa shape index (κ2) is 6.39. The number of amides is 1. The van der Waals surface area contributed by atoms with Crippen LogP contribution in [0.1, 0.15) is 31.4 Å². The third kappa shape index (κ3) is 3.59. The van der Waals surface area contributed by atoms with Crippen molar-refractivity contribution < 1.29 is 4.79 Å². The second-order valence-corrected chi connectivity index (χ2v) is 6.83. The number of nitrogens with two attached hydrogens (primary N) is 1. The van der Waals surface area contributed by atoms with Crippen molar-refractivity contribution in [2.75, 3.05) is 0 Å². The monoisotopic (exact) mass is 307 g/mol. The maximum atomic E-state index is 11.5. The van der Waals surface area contributed by atoms with Crippen molar-refractivity contribution in [1.29, 1.82) is 0 Å². The zero-order valence-corrected chi connectivity index (χ0v) is 13.3. The van der Waals surface area contributed by atoms with Gasteiger partial charge in [0.25, 0.3) is 5.91 Å². The van der Waals surface area contributed by atoms with Gasteiger partial charge in [-0.3, -0.25) is 10.2 Å². The van der Waals surface area contributed by atoms with Crippen LogP contribution in [0.25, 0.3) is 0 Å². The van der Waals surface area contributed by atoms with Crippen molar-refractivity contribution in [3.05, 3.63) is 44.8 Å². The van der Waals surface area contributed by atoms with Gasteiger partial charge in [-0.15, -0.1) is 23.1 Å². The Balaban J connectivity index is 2.10. The number of nitrogens with zero attached hydrogens (tertiary/aromatic N) is 1. The average molecular weight is 307 g/mol. The lowest BCUT2D eigenvalue weighted by Crippen LogP contribution is -2.29. The summed E-state index contributed by atoms with van der Waals surface area (Å²) in [7, 11) is 0. The number of aryl methyl sites for hydroxylation is 3. The third-order valence-electron chi connectivity index (χ3n) is 2.83. The summed E-state index contributed by atoms with van der Waals surface area (Å²) in [5, 5.41) is 1.01. The first-order chi connectivity index (χ1) is 9.49. The van der Waals surface area contributed by atoms with Crippen LogP contribution in [-0.4, -0.2) is 10.9 Å². The van der Waals surface area contributed by atoms with E-state index in [1.807, 2.05) is 19.9 Å². The molecule has 3 N–H and O–H groups in total. The number of nitrogens with one attached hydrogen (secondary N) is 1. The number of carbonyl (C=O) groups excluding carboxylic acids is 1. The van der Waals surface area contributed by atoms with E-state index in [-0.39, 0.29) is 5.91 Å². The minimum Gasteiger partial charge on any atom is -0.289 e. The van der Waals surface area contributed by atoms with Crippen LogP contribution in [0.4, 0.5) is 0 Å². The van der Waals surface area contributed by atoms with E-state index in [1.165, 1.54) is 16.9 Å². The van der Waals surface area contributed by atoms with E-state index >= 15 is 0 Å². The van der Waals surface area contributed by atoms with Crippen molar-refractivity contribution in [3.8, 4) is 0 Å². The predicted octanol–water partition coefficient (Wildman–Crippen LogP) is 2.96. The Morgan fingerprint density at radius 2 is 2.10 bits per heavy atom. The minimum atomic E-state index is -0.237. The molecule has 0 aromatic carbocycles. The summed E-state index contributed by atoms with van der Waals surface area (Å²) in [6.45, 7) is 6.08. The van der Waals surface area contributed by atoms with Crippen LogP contribution in [0.15, 0.2) is 23.2 Å². The molecule has 2 aromatic rings. The molecule has 0 unspecified atom stereocenters. The Bertz CT molecular complexity index is 617. The lowest BCUT2D eigenvalue weighted by molar-refractivity contribution is 0.0957. The van der Waals surface area contributed by atoms with Crippen molar-refractivity contribution in [2.45, 2.75) is 31.6 Å². The largest absolute Gasteiger partial charge is 0.289 e. The van der Waals surface area contributed by atoms with Crippen LogP contribution in [0, 0.1) is 20.8 Å². The number of nitrogen functional groups attached to an aromatic ring is 1. The van der Waals surface area contributed by atoms with E-state index in [4.69, 9.17) is 5.84 Å². The highest BCUT2D eigenvalue weighted by molar-refractivity contribution is 7.98. The molecule has 2 heterocycles. The molecular formula is C14H17N3OS2. The van der Waals surface area contributed by atoms with E-state index in [1.54, 1.807) is 11.8 Å². The number of hydrogen-bond acceptors (Lipinski definition) is 5. The SMILES string of the molecule is Cc1cc(C)nc(SCc2cc(C(=O)NN)sc2C)c1. The van der Waals surface area contributed by atoms with E-state index in [9.17, 15) is 4.79 Å². The zero-order chi connectivity index (χ0) is 14.7. The molecule has 0 saturated carbocycles. The Labute approximate surface area is 126 Å². The topological polar surface area (TPSA) is 68.0 Å². The highest BCUT2D eigenvalue weighted by Gasteiger charge is 2.11. The smallest absolute Gasteiger partial charge is 0.275 e. The highest BCUT2D eigenvalue weighted by Crippen LogP contribution is 2.28. The summed E-state index contributed by atoms with van der Waals surface area (Å²) in [6.07, 6.45) is 0. The lowest BCUT2D eigenvalue weighted by atomic mass is 10.2. The molecule has 2 aromatic heterocycles. The average Bonchev–Trinajstić information content (AvgIpc) is 2.76. The number of thiophene rings is 1. The maximum Gasteiger partial charge on any atom is 0.275 e.